The van der Waals surface area contributed by atoms with Crippen LogP contribution >= 0.6 is 23.4 Å². The van der Waals surface area contributed by atoms with Gasteiger partial charge in [-0.15, -0.1) is 11.8 Å². The highest BCUT2D eigenvalue weighted by atomic mass is 35.5. The molecule has 0 saturated carbocycles. The lowest BCUT2D eigenvalue weighted by molar-refractivity contribution is -0.133. The molecule has 1 atom stereocenters. The van der Waals surface area contributed by atoms with Crippen molar-refractivity contribution in [3.05, 3.63) is 34.9 Å². The molecule has 1 amide bonds. The van der Waals surface area contributed by atoms with E-state index in [2.05, 4.69) is 5.32 Å². The maximum absolute atomic E-state index is 12.3. The van der Waals surface area contributed by atoms with Gasteiger partial charge in [-0.2, -0.15) is 0 Å². The number of nitrogens with zero attached hydrogens (tertiary/aromatic N) is 1. The summed E-state index contributed by atoms with van der Waals surface area (Å²) in [4.78, 5) is 14.2. The Hall–Kier alpha value is -0.710. The largest absolute Gasteiger partial charge is 0.337 e. The summed E-state index contributed by atoms with van der Waals surface area (Å²) >= 11 is 7.90. The second-order valence-electron chi connectivity index (χ2n) is 4.22. The van der Waals surface area contributed by atoms with Gasteiger partial charge in [0.2, 0.25) is 5.91 Å². The Kier molecular flexibility index (Phi) is 4.92. The number of benzene rings is 1. The average Bonchev–Trinajstić information content (AvgIpc) is 2.91. The van der Waals surface area contributed by atoms with E-state index >= 15 is 0 Å². The van der Waals surface area contributed by atoms with Crippen LogP contribution in [0.2, 0.25) is 5.02 Å². The molecule has 1 heterocycles. The Bertz CT molecular complexity index is 421. The van der Waals surface area contributed by atoms with E-state index in [1.807, 2.05) is 36.1 Å². The summed E-state index contributed by atoms with van der Waals surface area (Å²) in [5.41, 5.74) is 1.00. The quantitative estimate of drug-likeness (QED) is 0.921. The molecule has 0 aromatic heterocycles. The molecule has 1 saturated heterocycles. The Labute approximate surface area is 117 Å². The maximum Gasteiger partial charge on any atom is 0.240 e. The third-order valence-corrected chi connectivity index (χ3v) is 4.34. The number of likely N-dealkylation sites (N-methyl/N-ethyl adjacent to an activating group) is 1. The van der Waals surface area contributed by atoms with Gasteiger partial charge in [0.25, 0.3) is 0 Å². The van der Waals surface area contributed by atoms with Crippen LogP contribution in [0.15, 0.2) is 24.3 Å². The molecule has 0 bridgehead atoms. The second kappa shape index (κ2) is 6.45. The lowest BCUT2D eigenvalue weighted by Crippen LogP contribution is -2.44. The maximum atomic E-state index is 12.3. The van der Waals surface area contributed by atoms with Crippen LogP contribution in [0.4, 0.5) is 0 Å². The number of thioether (sulfide) groups is 1. The first-order chi connectivity index (χ1) is 8.72. The number of nitrogens with one attached hydrogen (secondary N) is 1. The summed E-state index contributed by atoms with van der Waals surface area (Å²) < 4.78 is 0. The molecule has 2 rings (SSSR count). The highest BCUT2D eigenvalue weighted by molar-refractivity contribution is 7.99. The van der Waals surface area contributed by atoms with Gasteiger partial charge in [-0.3, -0.25) is 10.1 Å². The van der Waals surface area contributed by atoms with Gasteiger partial charge < -0.3 is 4.90 Å². The molecule has 1 N–H and O–H groups in total. The van der Waals surface area contributed by atoms with Gasteiger partial charge in [0.15, 0.2) is 0 Å². The zero-order valence-corrected chi connectivity index (χ0v) is 11.9. The van der Waals surface area contributed by atoms with Crippen LogP contribution < -0.4 is 5.32 Å². The van der Waals surface area contributed by atoms with Crippen molar-refractivity contribution in [1.82, 2.24) is 10.2 Å². The lowest BCUT2D eigenvalue weighted by atomic mass is 10.2. The summed E-state index contributed by atoms with van der Waals surface area (Å²) in [6, 6.07) is 7.63. The van der Waals surface area contributed by atoms with Gasteiger partial charge in [0, 0.05) is 29.7 Å². The number of hydrogen-bond acceptors (Lipinski definition) is 3. The zero-order chi connectivity index (χ0) is 13.0. The molecule has 3 nitrogen and oxygen atoms in total. The minimum absolute atomic E-state index is 0.0440. The van der Waals surface area contributed by atoms with Crippen LogP contribution in [-0.2, 0) is 11.3 Å². The monoisotopic (exact) mass is 284 g/mol. The first-order valence-corrected chi connectivity index (χ1v) is 7.59. The standard InChI is InChI=1S/C13H17ClN2OS/c1-2-16(13(17)12-8-18-9-15-12)7-10-5-3-4-6-11(10)14/h3-6,12,15H,2,7-9H2,1H3. The van der Waals surface area contributed by atoms with Crippen molar-refractivity contribution in [2.75, 3.05) is 18.2 Å². The van der Waals surface area contributed by atoms with E-state index in [9.17, 15) is 4.79 Å². The van der Waals surface area contributed by atoms with Crippen molar-refractivity contribution < 1.29 is 4.79 Å². The topological polar surface area (TPSA) is 32.3 Å². The van der Waals surface area contributed by atoms with Crippen molar-refractivity contribution in [2.45, 2.75) is 19.5 Å². The molecule has 1 unspecified atom stereocenters. The zero-order valence-electron chi connectivity index (χ0n) is 10.4. The van der Waals surface area contributed by atoms with Gasteiger partial charge in [-0.05, 0) is 18.6 Å². The van der Waals surface area contributed by atoms with Crippen molar-refractivity contribution >= 4 is 29.3 Å². The number of carbonyl (C=O) groups excluding carboxylic acids is 1. The van der Waals surface area contributed by atoms with E-state index in [-0.39, 0.29) is 11.9 Å². The van der Waals surface area contributed by atoms with Crippen molar-refractivity contribution in [1.29, 1.82) is 0 Å². The lowest BCUT2D eigenvalue weighted by Gasteiger charge is -2.24. The number of rotatable bonds is 4. The van der Waals surface area contributed by atoms with Crippen LogP contribution in [0.25, 0.3) is 0 Å². The van der Waals surface area contributed by atoms with Gasteiger partial charge in [-0.25, -0.2) is 0 Å². The smallest absolute Gasteiger partial charge is 0.240 e. The summed E-state index contributed by atoms with van der Waals surface area (Å²) in [5.74, 6) is 1.89. The van der Waals surface area contributed by atoms with Crippen LogP contribution in [0, 0.1) is 0 Å². The molecule has 5 heteroatoms. The average molecular weight is 285 g/mol. The second-order valence-corrected chi connectivity index (χ2v) is 5.65. The number of hydrogen-bond donors (Lipinski definition) is 1. The van der Waals surface area contributed by atoms with Crippen molar-refractivity contribution in [3.8, 4) is 0 Å². The van der Waals surface area contributed by atoms with Gasteiger partial charge in [0.1, 0.15) is 0 Å². The molecule has 1 aromatic carbocycles. The third kappa shape index (κ3) is 3.19. The highest BCUT2D eigenvalue weighted by Gasteiger charge is 2.26. The van der Waals surface area contributed by atoms with E-state index in [1.54, 1.807) is 11.8 Å². The first kappa shape index (κ1) is 13.7. The molecule has 1 aromatic rings. The Morgan fingerprint density at radius 1 is 1.56 bits per heavy atom. The van der Waals surface area contributed by atoms with Crippen LogP contribution in [0.3, 0.4) is 0 Å². The molecule has 1 aliphatic rings. The minimum atomic E-state index is -0.0440. The van der Waals surface area contributed by atoms with Gasteiger partial charge >= 0.3 is 0 Å². The minimum Gasteiger partial charge on any atom is -0.337 e. The molecule has 98 valence electrons. The van der Waals surface area contributed by atoms with Crippen LogP contribution in [-0.4, -0.2) is 35.0 Å². The Balaban J connectivity index is 2.05. The molecule has 0 radical (unpaired) electrons. The predicted octanol–water partition coefficient (Wildman–Crippen LogP) is 2.35. The fraction of sp³-hybridized carbons (Fsp3) is 0.462. The van der Waals surface area contributed by atoms with Gasteiger partial charge in [-0.1, -0.05) is 29.8 Å². The molecular formula is C13H17ClN2OS. The van der Waals surface area contributed by atoms with Crippen LogP contribution in [0.5, 0.6) is 0 Å². The number of amides is 1. The fourth-order valence-electron chi connectivity index (χ4n) is 1.95. The molecule has 1 fully saturated rings. The molecule has 18 heavy (non-hydrogen) atoms. The van der Waals surface area contributed by atoms with Crippen LogP contribution in [0.1, 0.15) is 12.5 Å². The Morgan fingerprint density at radius 3 is 2.94 bits per heavy atom. The summed E-state index contributed by atoms with van der Waals surface area (Å²) in [5, 5.41) is 3.93. The van der Waals surface area contributed by atoms with Gasteiger partial charge in [0.05, 0.1) is 6.04 Å². The van der Waals surface area contributed by atoms with E-state index in [0.717, 1.165) is 22.2 Å². The Morgan fingerprint density at radius 2 is 2.33 bits per heavy atom. The number of carbonyl (C=O) groups is 1. The third-order valence-electron chi connectivity index (χ3n) is 3.03. The summed E-state index contributed by atoms with van der Waals surface area (Å²) in [6.07, 6.45) is 0. The first-order valence-electron chi connectivity index (χ1n) is 6.05. The number of halogens is 1. The fourth-order valence-corrected chi connectivity index (χ4v) is 3.08. The molecule has 0 aliphatic carbocycles. The normalized spacial score (nSPS) is 18.9. The van der Waals surface area contributed by atoms with E-state index in [4.69, 9.17) is 11.6 Å². The molecular weight excluding hydrogens is 268 g/mol. The predicted molar refractivity (Wildman–Crippen MR) is 76.8 cm³/mol. The molecule has 1 aliphatic heterocycles. The molecule has 0 spiro atoms. The van der Waals surface area contributed by atoms with E-state index in [0.29, 0.717) is 13.1 Å². The van der Waals surface area contributed by atoms with E-state index < -0.39 is 0 Å². The SMILES string of the molecule is CCN(Cc1ccccc1Cl)C(=O)C1CSCN1. The van der Waals surface area contributed by atoms with Crippen molar-refractivity contribution in [3.63, 3.8) is 0 Å². The summed E-state index contributed by atoms with van der Waals surface area (Å²) in [7, 11) is 0. The highest BCUT2D eigenvalue weighted by Crippen LogP contribution is 2.18. The summed E-state index contributed by atoms with van der Waals surface area (Å²) in [6.45, 7) is 3.28. The van der Waals surface area contributed by atoms with E-state index in [1.165, 1.54) is 0 Å². The van der Waals surface area contributed by atoms with Crippen molar-refractivity contribution in [2.24, 2.45) is 0 Å².